The maximum atomic E-state index is 11.6. The van der Waals surface area contributed by atoms with Gasteiger partial charge in [-0.2, -0.15) is 0 Å². The molecule has 0 aromatic carbocycles. The minimum atomic E-state index is -0.348. The number of esters is 2. The molecule has 2 unspecified atom stereocenters. The monoisotopic (exact) mass is 299 g/mol. The van der Waals surface area contributed by atoms with Gasteiger partial charge in [0.15, 0.2) is 0 Å². The Balaban J connectivity index is 1.90. The number of carbonyl (C=O) groups excluding carboxylic acids is 2. The van der Waals surface area contributed by atoms with E-state index in [4.69, 9.17) is 13.9 Å². The molecule has 0 spiro atoms. The summed E-state index contributed by atoms with van der Waals surface area (Å²) in [4.78, 5) is 22.3. The first kappa shape index (κ1) is 14.9. The lowest BCUT2D eigenvalue weighted by atomic mass is 10.3. The predicted octanol–water partition coefficient (Wildman–Crippen LogP) is 1.61. The van der Waals surface area contributed by atoms with Crippen LogP contribution in [0.25, 0.3) is 0 Å². The van der Waals surface area contributed by atoms with Crippen LogP contribution in [0.15, 0.2) is 16.5 Å². The molecule has 1 aliphatic rings. The Hall–Kier alpha value is -1.47. The first-order valence-corrected chi connectivity index (χ1v) is 7.41. The highest BCUT2D eigenvalue weighted by atomic mass is 32.2. The Morgan fingerprint density at radius 3 is 2.95 bits per heavy atom. The molecular weight excluding hydrogens is 282 g/mol. The minimum absolute atomic E-state index is 0.0875. The van der Waals surface area contributed by atoms with Crippen molar-refractivity contribution in [3.63, 3.8) is 0 Å². The standard InChI is InChI=1S/C13H17NO5S/c1-3-17-13(16)10-7-20-12(14-10)11-5-4-9(19-11)6-18-8(2)15/h4-5,10,12,14H,3,6-7H2,1-2H3. The smallest absolute Gasteiger partial charge is 0.324 e. The summed E-state index contributed by atoms with van der Waals surface area (Å²) in [7, 11) is 0. The summed E-state index contributed by atoms with van der Waals surface area (Å²) in [5.74, 6) is 1.35. The highest BCUT2D eigenvalue weighted by Gasteiger charge is 2.33. The molecule has 1 aliphatic heterocycles. The van der Waals surface area contributed by atoms with Crippen LogP contribution in [0.5, 0.6) is 0 Å². The molecule has 1 fully saturated rings. The third-order valence-electron chi connectivity index (χ3n) is 2.71. The summed E-state index contributed by atoms with van der Waals surface area (Å²) in [6.45, 7) is 3.63. The third-order valence-corrected chi connectivity index (χ3v) is 3.94. The van der Waals surface area contributed by atoms with Gasteiger partial charge in [-0.15, -0.1) is 11.8 Å². The van der Waals surface area contributed by atoms with Crippen LogP contribution >= 0.6 is 11.8 Å². The van der Waals surface area contributed by atoms with Crippen molar-refractivity contribution in [3.8, 4) is 0 Å². The normalized spacial score (nSPS) is 21.7. The van der Waals surface area contributed by atoms with E-state index in [1.165, 1.54) is 6.92 Å². The average Bonchev–Trinajstić information content (AvgIpc) is 3.05. The Bertz CT molecular complexity index is 487. The second-order valence-electron chi connectivity index (χ2n) is 4.27. The molecule has 6 nitrogen and oxygen atoms in total. The minimum Gasteiger partial charge on any atom is -0.465 e. The molecule has 0 aliphatic carbocycles. The molecule has 0 saturated carbocycles. The topological polar surface area (TPSA) is 77.8 Å². The summed E-state index contributed by atoms with van der Waals surface area (Å²) in [5, 5.41) is 3.07. The predicted molar refractivity (Wildman–Crippen MR) is 72.9 cm³/mol. The number of thioether (sulfide) groups is 1. The van der Waals surface area contributed by atoms with E-state index >= 15 is 0 Å². The molecule has 2 heterocycles. The molecule has 0 bridgehead atoms. The zero-order valence-electron chi connectivity index (χ0n) is 11.4. The average molecular weight is 299 g/mol. The fourth-order valence-corrected chi connectivity index (χ4v) is 2.97. The number of nitrogens with one attached hydrogen (secondary N) is 1. The summed E-state index contributed by atoms with van der Waals surface area (Å²) >= 11 is 1.58. The van der Waals surface area contributed by atoms with E-state index < -0.39 is 0 Å². The van der Waals surface area contributed by atoms with Crippen LogP contribution in [0.4, 0.5) is 0 Å². The van der Waals surface area contributed by atoms with Gasteiger partial charge in [-0.1, -0.05) is 0 Å². The van der Waals surface area contributed by atoms with Gasteiger partial charge in [0.05, 0.1) is 6.61 Å². The lowest BCUT2D eigenvalue weighted by Crippen LogP contribution is -2.35. The van der Waals surface area contributed by atoms with Crippen LogP contribution in [-0.4, -0.2) is 30.3 Å². The summed E-state index contributed by atoms with van der Waals surface area (Å²) < 4.78 is 15.4. The van der Waals surface area contributed by atoms with Gasteiger partial charge in [0, 0.05) is 12.7 Å². The van der Waals surface area contributed by atoms with Crippen molar-refractivity contribution < 1.29 is 23.5 Å². The van der Waals surface area contributed by atoms with Crippen molar-refractivity contribution in [1.82, 2.24) is 5.32 Å². The van der Waals surface area contributed by atoms with Gasteiger partial charge in [-0.25, -0.2) is 0 Å². The third kappa shape index (κ3) is 3.77. The van der Waals surface area contributed by atoms with E-state index in [9.17, 15) is 9.59 Å². The second-order valence-corrected chi connectivity index (χ2v) is 5.41. The van der Waals surface area contributed by atoms with E-state index in [1.807, 2.05) is 6.07 Å². The second kappa shape index (κ2) is 6.81. The molecule has 20 heavy (non-hydrogen) atoms. The first-order chi connectivity index (χ1) is 9.60. The van der Waals surface area contributed by atoms with Crippen molar-refractivity contribution >= 4 is 23.7 Å². The van der Waals surface area contributed by atoms with Gasteiger partial charge in [0.25, 0.3) is 0 Å². The highest BCUT2D eigenvalue weighted by Crippen LogP contribution is 2.34. The molecule has 1 N–H and O–H groups in total. The number of furan rings is 1. The fraction of sp³-hybridized carbons (Fsp3) is 0.538. The summed E-state index contributed by atoms with van der Waals surface area (Å²) in [6, 6.07) is 3.27. The fourth-order valence-electron chi connectivity index (χ4n) is 1.80. The first-order valence-electron chi connectivity index (χ1n) is 6.36. The number of carbonyl (C=O) groups is 2. The molecule has 110 valence electrons. The Morgan fingerprint density at radius 1 is 1.45 bits per heavy atom. The molecule has 1 saturated heterocycles. The van der Waals surface area contributed by atoms with E-state index in [1.54, 1.807) is 24.8 Å². The van der Waals surface area contributed by atoms with Gasteiger partial charge >= 0.3 is 11.9 Å². The quantitative estimate of drug-likeness (QED) is 0.827. The lowest BCUT2D eigenvalue weighted by molar-refractivity contribution is -0.145. The van der Waals surface area contributed by atoms with Crippen LogP contribution in [0, 0.1) is 0 Å². The molecule has 2 rings (SSSR count). The van der Waals surface area contributed by atoms with Crippen LogP contribution in [0.3, 0.4) is 0 Å². The zero-order valence-corrected chi connectivity index (χ0v) is 12.2. The Kier molecular flexibility index (Phi) is 5.08. The lowest BCUT2D eigenvalue weighted by Gasteiger charge is -2.10. The van der Waals surface area contributed by atoms with Gasteiger partial charge in [0.2, 0.25) is 0 Å². The molecule has 0 amide bonds. The SMILES string of the molecule is CCOC(=O)C1CSC(c2ccc(COC(C)=O)o2)N1. The Labute approximate surface area is 121 Å². The number of rotatable bonds is 5. The number of hydrogen-bond donors (Lipinski definition) is 1. The number of hydrogen-bond acceptors (Lipinski definition) is 7. The maximum absolute atomic E-state index is 11.6. The van der Waals surface area contributed by atoms with Crippen molar-refractivity contribution in [2.75, 3.05) is 12.4 Å². The summed E-state index contributed by atoms with van der Waals surface area (Å²) in [5.41, 5.74) is 0. The largest absolute Gasteiger partial charge is 0.465 e. The summed E-state index contributed by atoms with van der Waals surface area (Å²) in [6.07, 6.45) is 0. The number of ether oxygens (including phenoxy) is 2. The molecule has 7 heteroatoms. The van der Waals surface area contributed by atoms with E-state index in [0.29, 0.717) is 23.9 Å². The van der Waals surface area contributed by atoms with Crippen LogP contribution < -0.4 is 5.32 Å². The van der Waals surface area contributed by atoms with Crippen molar-refractivity contribution in [2.45, 2.75) is 31.9 Å². The molecule has 2 atom stereocenters. The van der Waals surface area contributed by atoms with Crippen molar-refractivity contribution in [2.24, 2.45) is 0 Å². The van der Waals surface area contributed by atoms with E-state index in [2.05, 4.69) is 5.32 Å². The molecule has 0 radical (unpaired) electrons. The van der Waals surface area contributed by atoms with Crippen LogP contribution in [0.2, 0.25) is 0 Å². The van der Waals surface area contributed by atoms with Crippen LogP contribution in [-0.2, 0) is 25.7 Å². The van der Waals surface area contributed by atoms with E-state index in [0.717, 1.165) is 0 Å². The van der Waals surface area contributed by atoms with Crippen molar-refractivity contribution in [3.05, 3.63) is 23.7 Å². The Morgan fingerprint density at radius 2 is 2.25 bits per heavy atom. The van der Waals surface area contributed by atoms with E-state index in [-0.39, 0.29) is 30.0 Å². The zero-order chi connectivity index (χ0) is 14.5. The van der Waals surface area contributed by atoms with Crippen molar-refractivity contribution in [1.29, 1.82) is 0 Å². The van der Waals surface area contributed by atoms with Gasteiger partial charge in [0.1, 0.15) is 29.5 Å². The van der Waals surface area contributed by atoms with Crippen LogP contribution in [0.1, 0.15) is 30.7 Å². The highest BCUT2D eigenvalue weighted by molar-refractivity contribution is 7.99. The van der Waals surface area contributed by atoms with Gasteiger partial charge in [-0.05, 0) is 19.1 Å². The molecular formula is C13H17NO5S. The maximum Gasteiger partial charge on any atom is 0.324 e. The molecule has 1 aromatic rings. The molecule has 1 aromatic heterocycles. The van der Waals surface area contributed by atoms with Gasteiger partial charge in [-0.3, -0.25) is 14.9 Å². The van der Waals surface area contributed by atoms with Gasteiger partial charge < -0.3 is 13.9 Å².